The van der Waals surface area contributed by atoms with Crippen LogP contribution in [0.1, 0.15) is 45.6 Å². The van der Waals surface area contributed by atoms with E-state index in [-0.39, 0.29) is 17.6 Å². The van der Waals surface area contributed by atoms with Crippen LogP contribution in [0, 0.1) is 0 Å². The van der Waals surface area contributed by atoms with Gasteiger partial charge in [-0.2, -0.15) is 4.98 Å². The number of nitrogens with one attached hydrogen (secondary N) is 1. The van der Waals surface area contributed by atoms with E-state index in [9.17, 15) is 9.59 Å². The molecule has 4 rings (SSSR count). The molecule has 1 N–H and O–H groups in total. The number of rotatable bonds is 8. The SMILES string of the molecule is CCOC(=O)c1c(NC(=O)CSc2noc(Cc3ccccc3)n2)sc2c1CCC2. The Hall–Kier alpha value is -2.65. The minimum atomic E-state index is -0.372. The third kappa shape index (κ3) is 4.73. The van der Waals surface area contributed by atoms with E-state index in [2.05, 4.69) is 15.5 Å². The topological polar surface area (TPSA) is 94.3 Å². The molecule has 9 heteroatoms. The van der Waals surface area contributed by atoms with Gasteiger partial charge in [0.05, 0.1) is 24.3 Å². The van der Waals surface area contributed by atoms with Gasteiger partial charge in [-0.15, -0.1) is 11.3 Å². The number of thioether (sulfide) groups is 1. The monoisotopic (exact) mass is 443 g/mol. The van der Waals surface area contributed by atoms with Gasteiger partial charge >= 0.3 is 5.97 Å². The lowest BCUT2D eigenvalue weighted by molar-refractivity contribution is -0.113. The Morgan fingerprint density at radius 1 is 1.27 bits per heavy atom. The highest BCUT2D eigenvalue weighted by Crippen LogP contribution is 2.39. The second-order valence-corrected chi connectivity index (χ2v) is 8.80. The van der Waals surface area contributed by atoms with Gasteiger partial charge in [-0.1, -0.05) is 47.3 Å². The molecule has 1 amide bonds. The minimum absolute atomic E-state index is 0.120. The summed E-state index contributed by atoms with van der Waals surface area (Å²) in [6.45, 7) is 2.08. The molecule has 1 aliphatic carbocycles. The molecular weight excluding hydrogens is 422 g/mol. The molecule has 0 saturated heterocycles. The Morgan fingerprint density at radius 3 is 2.90 bits per heavy atom. The van der Waals surface area contributed by atoms with Crippen LogP contribution in [0.15, 0.2) is 40.0 Å². The molecule has 0 unspecified atom stereocenters. The molecule has 2 heterocycles. The number of fused-ring (bicyclic) bond motifs is 1. The number of esters is 1. The fourth-order valence-electron chi connectivity index (χ4n) is 3.34. The van der Waals surface area contributed by atoms with E-state index in [1.165, 1.54) is 23.1 Å². The Labute approximate surface area is 182 Å². The van der Waals surface area contributed by atoms with Gasteiger partial charge in [0, 0.05) is 4.88 Å². The lowest BCUT2D eigenvalue weighted by atomic mass is 10.1. The molecule has 2 aromatic heterocycles. The first-order chi connectivity index (χ1) is 14.6. The van der Waals surface area contributed by atoms with E-state index in [4.69, 9.17) is 9.26 Å². The molecule has 0 radical (unpaired) electrons. The molecule has 156 valence electrons. The largest absolute Gasteiger partial charge is 0.462 e. The van der Waals surface area contributed by atoms with Crippen molar-refractivity contribution in [2.45, 2.75) is 37.8 Å². The molecule has 3 aromatic rings. The van der Waals surface area contributed by atoms with Crippen molar-refractivity contribution in [3.63, 3.8) is 0 Å². The number of carbonyl (C=O) groups excluding carboxylic acids is 2. The first-order valence-electron chi connectivity index (χ1n) is 9.75. The van der Waals surface area contributed by atoms with Gasteiger partial charge in [-0.05, 0) is 37.3 Å². The molecule has 7 nitrogen and oxygen atoms in total. The minimum Gasteiger partial charge on any atom is -0.462 e. The first kappa shape index (κ1) is 20.6. The fraction of sp³-hybridized carbons (Fsp3) is 0.333. The van der Waals surface area contributed by atoms with Gasteiger partial charge in [0.2, 0.25) is 17.0 Å². The van der Waals surface area contributed by atoms with Gasteiger partial charge in [-0.25, -0.2) is 4.79 Å². The predicted molar refractivity (Wildman–Crippen MR) is 115 cm³/mol. The average molecular weight is 444 g/mol. The number of benzene rings is 1. The van der Waals surface area contributed by atoms with E-state index in [0.29, 0.717) is 34.6 Å². The number of thiophene rings is 1. The molecule has 1 aromatic carbocycles. The number of aromatic nitrogens is 2. The molecule has 1 aliphatic rings. The van der Waals surface area contributed by atoms with Crippen LogP contribution in [-0.2, 0) is 28.8 Å². The summed E-state index contributed by atoms with van der Waals surface area (Å²) in [6, 6.07) is 9.84. The summed E-state index contributed by atoms with van der Waals surface area (Å²) in [5.41, 5.74) is 2.61. The van der Waals surface area contributed by atoms with E-state index in [1.54, 1.807) is 6.92 Å². The van der Waals surface area contributed by atoms with Crippen LogP contribution in [0.5, 0.6) is 0 Å². The highest BCUT2D eigenvalue weighted by Gasteiger charge is 2.28. The Bertz CT molecular complexity index is 1050. The van der Waals surface area contributed by atoms with Crippen LogP contribution >= 0.6 is 23.1 Å². The average Bonchev–Trinajstić information content (AvgIpc) is 3.43. The number of hydrogen-bond donors (Lipinski definition) is 1. The maximum atomic E-state index is 12.5. The smallest absolute Gasteiger partial charge is 0.341 e. The normalized spacial score (nSPS) is 12.6. The van der Waals surface area contributed by atoms with Crippen molar-refractivity contribution < 1.29 is 18.8 Å². The maximum absolute atomic E-state index is 12.5. The number of aryl methyl sites for hydroxylation is 1. The van der Waals surface area contributed by atoms with E-state index in [1.807, 2.05) is 30.3 Å². The van der Waals surface area contributed by atoms with Gasteiger partial charge < -0.3 is 14.6 Å². The Balaban J connectivity index is 1.36. The highest BCUT2D eigenvalue weighted by molar-refractivity contribution is 7.99. The molecule has 0 spiro atoms. The molecule has 0 aliphatic heterocycles. The Morgan fingerprint density at radius 2 is 2.10 bits per heavy atom. The molecule has 0 bridgehead atoms. The molecule has 0 fully saturated rings. The van der Waals surface area contributed by atoms with Crippen molar-refractivity contribution in [3.8, 4) is 0 Å². The van der Waals surface area contributed by atoms with E-state index < -0.39 is 0 Å². The zero-order valence-corrected chi connectivity index (χ0v) is 18.1. The number of nitrogens with zero attached hydrogens (tertiary/aromatic N) is 2. The third-order valence-electron chi connectivity index (χ3n) is 4.63. The number of anilines is 1. The number of amides is 1. The number of ether oxygens (including phenoxy) is 1. The van der Waals surface area contributed by atoms with Crippen molar-refractivity contribution in [1.29, 1.82) is 0 Å². The summed E-state index contributed by atoms with van der Waals surface area (Å²) < 4.78 is 10.5. The van der Waals surface area contributed by atoms with Crippen molar-refractivity contribution in [2.75, 3.05) is 17.7 Å². The standard InChI is InChI=1S/C21H21N3O4S2/c1-2-27-20(26)18-14-9-6-10-15(14)30-19(18)22-16(25)12-29-21-23-17(28-24-21)11-13-7-4-3-5-8-13/h3-5,7-8H,2,6,9-12H2,1H3,(H,22,25). The van der Waals surface area contributed by atoms with Gasteiger partial charge in [-0.3, -0.25) is 4.79 Å². The second kappa shape index (κ2) is 9.44. The number of carbonyl (C=O) groups is 2. The number of hydrogen-bond acceptors (Lipinski definition) is 8. The summed E-state index contributed by atoms with van der Waals surface area (Å²) in [5.74, 6) is 0.0293. The van der Waals surface area contributed by atoms with Gasteiger partial charge in [0.1, 0.15) is 5.00 Å². The summed E-state index contributed by atoms with van der Waals surface area (Å²) in [4.78, 5) is 30.4. The van der Waals surface area contributed by atoms with Gasteiger partial charge in [0.25, 0.3) is 0 Å². The van der Waals surface area contributed by atoms with Crippen LogP contribution in [0.4, 0.5) is 5.00 Å². The summed E-state index contributed by atoms with van der Waals surface area (Å²) >= 11 is 2.66. The summed E-state index contributed by atoms with van der Waals surface area (Å²) in [5, 5.41) is 7.78. The maximum Gasteiger partial charge on any atom is 0.341 e. The quantitative estimate of drug-likeness (QED) is 0.413. The Kier molecular flexibility index (Phi) is 6.49. The van der Waals surface area contributed by atoms with Crippen molar-refractivity contribution in [3.05, 3.63) is 57.8 Å². The first-order valence-corrected chi connectivity index (χ1v) is 11.5. The lowest BCUT2D eigenvalue weighted by Crippen LogP contribution is -2.16. The molecule has 0 saturated carbocycles. The van der Waals surface area contributed by atoms with Crippen molar-refractivity contribution in [1.82, 2.24) is 10.1 Å². The molecular formula is C21H21N3O4S2. The molecule has 0 atom stereocenters. The lowest BCUT2D eigenvalue weighted by Gasteiger charge is -2.07. The highest BCUT2D eigenvalue weighted by atomic mass is 32.2. The second-order valence-electron chi connectivity index (χ2n) is 6.75. The van der Waals surface area contributed by atoms with Crippen molar-refractivity contribution >= 4 is 40.0 Å². The van der Waals surface area contributed by atoms with E-state index in [0.717, 1.165) is 35.3 Å². The zero-order valence-electron chi connectivity index (χ0n) is 16.5. The van der Waals surface area contributed by atoms with Crippen LogP contribution in [0.3, 0.4) is 0 Å². The predicted octanol–water partition coefficient (Wildman–Crippen LogP) is 4.12. The zero-order chi connectivity index (χ0) is 20.9. The summed E-state index contributed by atoms with van der Waals surface area (Å²) in [6.07, 6.45) is 3.35. The van der Waals surface area contributed by atoms with Crippen LogP contribution in [-0.4, -0.2) is 34.4 Å². The fourth-order valence-corrected chi connectivity index (χ4v) is 5.23. The summed E-state index contributed by atoms with van der Waals surface area (Å²) in [7, 11) is 0. The van der Waals surface area contributed by atoms with Crippen LogP contribution in [0.2, 0.25) is 0 Å². The van der Waals surface area contributed by atoms with Crippen molar-refractivity contribution in [2.24, 2.45) is 0 Å². The van der Waals surface area contributed by atoms with Gasteiger partial charge in [0.15, 0.2) is 0 Å². The van der Waals surface area contributed by atoms with Crippen LogP contribution < -0.4 is 5.32 Å². The van der Waals surface area contributed by atoms with E-state index >= 15 is 0 Å². The third-order valence-corrected chi connectivity index (χ3v) is 6.67. The molecule has 30 heavy (non-hydrogen) atoms. The van der Waals surface area contributed by atoms with Crippen LogP contribution in [0.25, 0.3) is 0 Å².